The van der Waals surface area contributed by atoms with Crippen molar-refractivity contribution in [3.63, 3.8) is 0 Å². The van der Waals surface area contributed by atoms with Crippen LogP contribution >= 0.6 is 15.9 Å². The fraction of sp³-hybridized carbons (Fsp3) is 0.533. The first-order chi connectivity index (χ1) is 9.22. The number of rotatable bonds is 3. The number of halogens is 1. The standard InChI is InChI=1S/C15H19BrN2O/c16-13-3-1-12(2-4-13)11-15(19)18-9-7-17(8-10-18)14-5-6-14/h1-4,14H,5-11H2. The number of hydrogen-bond acceptors (Lipinski definition) is 2. The van der Waals surface area contributed by atoms with Crippen molar-refractivity contribution >= 4 is 21.8 Å². The lowest BCUT2D eigenvalue weighted by Gasteiger charge is -2.34. The highest BCUT2D eigenvalue weighted by atomic mass is 79.9. The minimum absolute atomic E-state index is 0.262. The van der Waals surface area contributed by atoms with Crippen LogP contribution in [0.1, 0.15) is 18.4 Å². The van der Waals surface area contributed by atoms with E-state index in [1.54, 1.807) is 0 Å². The highest BCUT2D eigenvalue weighted by Gasteiger charge is 2.32. The molecule has 1 aromatic rings. The van der Waals surface area contributed by atoms with Gasteiger partial charge in [0.05, 0.1) is 6.42 Å². The monoisotopic (exact) mass is 322 g/mol. The number of carbonyl (C=O) groups excluding carboxylic acids is 1. The predicted octanol–water partition coefficient (Wildman–Crippen LogP) is 2.30. The summed E-state index contributed by atoms with van der Waals surface area (Å²) in [6, 6.07) is 8.84. The molecule has 3 nitrogen and oxygen atoms in total. The molecular weight excluding hydrogens is 304 g/mol. The second-order valence-corrected chi connectivity index (χ2v) is 6.37. The number of amides is 1. The molecule has 0 atom stereocenters. The molecule has 0 spiro atoms. The number of benzene rings is 1. The maximum absolute atomic E-state index is 12.2. The van der Waals surface area contributed by atoms with Crippen LogP contribution < -0.4 is 0 Å². The number of nitrogens with zero attached hydrogens (tertiary/aromatic N) is 2. The van der Waals surface area contributed by atoms with E-state index >= 15 is 0 Å². The Bertz CT molecular complexity index is 448. The SMILES string of the molecule is O=C(Cc1ccc(Br)cc1)N1CCN(C2CC2)CC1. The lowest BCUT2D eigenvalue weighted by Crippen LogP contribution is -2.49. The summed E-state index contributed by atoms with van der Waals surface area (Å²) >= 11 is 3.41. The fourth-order valence-corrected chi connectivity index (χ4v) is 2.93. The van der Waals surface area contributed by atoms with Crippen LogP contribution in [0.2, 0.25) is 0 Å². The van der Waals surface area contributed by atoms with Crippen LogP contribution in [0.25, 0.3) is 0 Å². The van der Waals surface area contributed by atoms with Gasteiger partial charge in [0.15, 0.2) is 0 Å². The number of piperazine rings is 1. The minimum atomic E-state index is 0.262. The Balaban J connectivity index is 1.51. The van der Waals surface area contributed by atoms with Gasteiger partial charge in [-0.3, -0.25) is 9.69 Å². The van der Waals surface area contributed by atoms with Crippen LogP contribution in [0.5, 0.6) is 0 Å². The molecule has 1 aliphatic carbocycles. The van der Waals surface area contributed by atoms with Gasteiger partial charge in [0.1, 0.15) is 0 Å². The van der Waals surface area contributed by atoms with Gasteiger partial charge in [-0.15, -0.1) is 0 Å². The van der Waals surface area contributed by atoms with Gasteiger partial charge < -0.3 is 4.90 Å². The predicted molar refractivity (Wildman–Crippen MR) is 79.0 cm³/mol. The summed E-state index contributed by atoms with van der Waals surface area (Å²) in [5, 5.41) is 0. The van der Waals surface area contributed by atoms with Crippen LogP contribution in [-0.2, 0) is 11.2 Å². The zero-order valence-corrected chi connectivity index (χ0v) is 12.6. The molecule has 2 fully saturated rings. The summed E-state index contributed by atoms with van der Waals surface area (Å²) < 4.78 is 1.06. The zero-order valence-electron chi connectivity index (χ0n) is 11.0. The quantitative estimate of drug-likeness (QED) is 0.852. The first-order valence-corrected chi connectivity index (χ1v) is 7.78. The summed E-state index contributed by atoms with van der Waals surface area (Å²) in [6.45, 7) is 3.89. The lowest BCUT2D eigenvalue weighted by molar-refractivity contribution is -0.132. The third kappa shape index (κ3) is 3.37. The van der Waals surface area contributed by atoms with Crippen molar-refractivity contribution in [3.05, 3.63) is 34.3 Å². The lowest BCUT2D eigenvalue weighted by atomic mass is 10.1. The molecule has 1 aromatic carbocycles. The summed E-state index contributed by atoms with van der Waals surface area (Å²) in [5.41, 5.74) is 1.10. The number of hydrogen-bond donors (Lipinski definition) is 0. The molecule has 1 saturated heterocycles. The molecule has 1 saturated carbocycles. The third-order valence-electron chi connectivity index (χ3n) is 4.00. The van der Waals surface area contributed by atoms with E-state index in [1.165, 1.54) is 12.8 Å². The topological polar surface area (TPSA) is 23.6 Å². The Morgan fingerprint density at radius 2 is 1.74 bits per heavy atom. The van der Waals surface area contributed by atoms with Gasteiger partial charge in [0.2, 0.25) is 5.91 Å². The average molecular weight is 323 g/mol. The van der Waals surface area contributed by atoms with E-state index in [0.717, 1.165) is 42.3 Å². The molecule has 1 aliphatic heterocycles. The van der Waals surface area contributed by atoms with E-state index < -0.39 is 0 Å². The molecule has 102 valence electrons. The smallest absolute Gasteiger partial charge is 0.227 e. The largest absolute Gasteiger partial charge is 0.340 e. The normalized spacial score (nSPS) is 20.6. The third-order valence-corrected chi connectivity index (χ3v) is 4.53. The van der Waals surface area contributed by atoms with E-state index in [2.05, 4.69) is 20.8 Å². The molecule has 0 bridgehead atoms. The molecule has 0 aromatic heterocycles. The summed E-state index contributed by atoms with van der Waals surface area (Å²) in [4.78, 5) is 16.8. The average Bonchev–Trinajstić information content (AvgIpc) is 3.26. The maximum Gasteiger partial charge on any atom is 0.227 e. The van der Waals surface area contributed by atoms with Gasteiger partial charge in [0, 0.05) is 36.7 Å². The summed E-state index contributed by atoms with van der Waals surface area (Å²) in [6.07, 6.45) is 3.23. The van der Waals surface area contributed by atoms with Crippen LogP contribution in [-0.4, -0.2) is 47.9 Å². The number of carbonyl (C=O) groups is 1. The van der Waals surface area contributed by atoms with E-state index in [1.807, 2.05) is 29.2 Å². The van der Waals surface area contributed by atoms with Crippen molar-refractivity contribution in [3.8, 4) is 0 Å². The first-order valence-electron chi connectivity index (χ1n) is 6.98. The van der Waals surface area contributed by atoms with Crippen molar-refractivity contribution in [2.24, 2.45) is 0 Å². The van der Waals surface area contributed by atoms with E-state index in [-0.39, 0.29) is 5.91 Å². The molecule has 2 aliphatic rings. The fourth-order valence-electron chi connectivity index (χ4n) is 2.66. The van der Waals surface area contributed by atoms with Gasteiger partial charge >= 0.3 is 0 Å². The van der Waals surface area contributed by atoms with E-state index in [9.17, 15) is 4.79 Å². The van der Waals surface area contributed by atoms with Gasteiger partial charge in [-0.25, -0.2) is 0 Å². The molecule has 1 heterocycles. The minimum Gasteiger partial charge on any atom is -0.340 e. The van der Waals surface area contributed by atoms with Crippen LogP contribution in [0.4, 0.5) is 0 Å². The maximum atomic E-state index is 12.2. The second-order valence-electron chi connectivity index (χ2n) is 5.45. The molecule has 0 N–H and O–H groups in total. The summed E-state index contributed by atoms with van der Waals surface area (Å²) in [5.74, 6) is 0.262. The molecule has 1 amide bonds. The molecule has 4 heteroatoms. The van der Waals surface area contributed by atoms with Gasteiger partial charge in [-0.2, -0.15) is 0 Å². The van der Waals surface area contributed by atoms with Gasteiger partial charge in [-0.1, -0.05) is 28.1 Å². The van der Waals surface area contributed by atoms with Crippen LogP contribution in [0, 0.1) is 0 Å². The van der Waals surface area contributed by atoms with Crippen LogP contribution in [0.15, 0.2) is 28.7 Å². The Kier molecular flexibility index (Phi) is 3.89. The summed E-state index contributed by atoms with van der Waals surface area (Å²) in [7, 11) is 0. The van der Waals surface area contributed by atoms with Crippen molar-refractivity contribution < 1.29 is 4.79 Å². The van der Waals surface area contributed by atoms with E-state index in [0.29, 0.717) is 6.42 Å². The van der Waals surface area contributed by atoms with Gasteiger partial charge in [0.25, 0.3) is 0 Å². The van der Waals surface area contributed by atoms with Crippen molar-refractivity contribution in [2.75, 3.05) is 26.2 Å². The molecular formula is C15H19BrN2O. The van der Waals surface area contributed by atoms with Crippen LogP contribution in [0.3, 0.4) is 0 Å². The van der Waals surface area contributed by atoms with Gasteiger partial charge in [-0.05, 0) is 30.5 Å². The van der Waals surface area contributed by atoms with Crippen molar-refractivity contribution in [1.82, 2.24) is 9.80 Å². The molecule has 0 unspecified atom stereocenters. The van der Waals surface area contributed by atoms with Crippen molar-refractivity contribution in [1.29, 1.82) is 0 Å². The highest BCUT2D eigenvalue weighted by molar-refractivity contribution is 9.10. The molecule has 3 rings (SSSR count). The zero-order chi connectivity index (χ0) is 13.2. The Labute approximate surface area is 122 Å². The molecule has 0 radical (unpaired) electrons. The Morgan fingerprint density at radius 3 is 2.32 bits per heavy atom. The van der Waals surface area contributed by atoms with Crippen molar-refractivity contribution in [2.45, 2.75) is 25.3 Å². The highest BCUT2D eigenvalue weighted by Crippen LogP contribution is 2.27. The molecule has 19 heavy (non-hydrogen) atoms. The first kappa shape index (κ1) is 13.1. The van der Waals surface area contributed by atoms with E-state index in [4.69, 9.17) is 0 Å². The Morgan fingerprint density at radius 1 is 1.11 bits per heavy atom. The Hall–Kier alpha value is -0.870. The second kappa shape index (κ2) is 5.63.